The van der Waals surface area contributed by atoms with Gasteiger partial charge in [-0.25, -0.2) is 4.98 Å². The van der Waals surface area contributed by atoms with Crippen LogP contribution in [0.2, 0.25) is 0 Å². The number of hydrogen-bond donors (Lipinski definition) is 0. The van der Waals surface area contributed by atoms with E-state index in [-0.39, 0.29) is 29.9 Å². The number of rotatable bonds is 3. The molecular weight excluding hydrogens is 402 g/mol. The highest BCUT2D eigenvalue weighted by molar-refractivity contribution is 6.12. The lowest BCUT2D eigenvalue weighted by Crippen LogP contribution is -2.53. The Morgan fingerprint density at radius 1 is 1.00 bits per heavy atom. The van der Waals surface area contributed by atoms with Gasteiger partial charge in [-0.2, -0.15) is 0 Å². The molecule has 32 heavy (non-hydrogen) atoms. The largest absolute Gasteiger partial charge is 0.341 e. The van der Waals surface area contributed by atoms with Crippen LogP contribution in [-0.4, -0.2) is 40.9 Å². The fourth-order valence-corrected chi connectivity index (χ4v) is 4.83. The zero-order chi connectivity index (χ0) is 22.6. The van der Waals surface area contributed by atoms with E-state index in [0.717, 1.165) is 16.8 Å². The molecule has 2 aliphatic heterocycles. The van der Waals surface area contributed by atoms with Gasteiger partial charge in [0.1, 0.15) is 11.9 Å². The number of pyridine rings is 2. The van der Waals surface area contributed by atoms with E-state index in [9.17, 15) is 9.59 Å². The number of carbonyl (C=O) groups excluding carboxylic acids is 2. The highest BCUT2D eigenvalue weighted by Crippen LogP contribution is 2.43. The highest BCUT2D eigenvalue weighted by Gasteiger charge is 2.41. The molecule has 5 rings (SSSR count). The van der Waals surface area contributed by atoms with Gasteiger partial charge in [-0.1, -0.05) is 24.3 Å². The van der Waals surface area contributed by atoms with Crippen molar-refractivity contribution in [3.05, 3.63) is 77.6 Å². The molecule has 4 heterocycles. The molecule has 2 aromatic heterocycles. The summed E-state index contributed by atoms with van der Waals surface area (Å²) in [5.74, 6) is 1.20. The Hall–Kier alpha value is -3.74. The molecule has 1 aromatic carbocycles. The Morgan fingerprint density at radius 3 is 2.50 bits per heavy atom. The summed E-state index contributed by atoms with van der Waals surface area (Å²) in [6.07, 6.45) is 3.52. The Bertz CT molecular complexity index is 1210. The summed E-state index contributed by atoms with van der Waals surface area (Å²) in [4.78, 5) is 40.9. The van der Waals surface area contributed by atoms with E-state index >= 15 is 0 Å². The number of likely N-dealkylation sites (N-methyl/N-ethyl adjacent to an activating group) is 1. The molecule has 7 nitrogen and oxygen atoms in total. The summed E-state index contributed by atoms with van der Waals surface area (Å²) in [6.45, 7) is 5.98. The number of aromatic nitrogens is 2. The van der Waals surface area contributed by atoms with E-state index < -0.39 is 0 Å². The molecule has 2 unspecified atom stereocenters. The third-order valence-corrected chi connectivity index (χ3v) is 6.32. The van der Waals surface area contributed by atoms with E-state index in [2.05, 4.69) is 4.98 Å². The Kier molecular flexibility index (Phi) is 4.69. The van der Waals surface area contributed by atoms with Crippen LogP contribution in [0.25, 0.3) is 0 Å². The average Bonchev–Trinajstić information content (AvgIpc) is 3.10. The van der Waals surface area contributed by atoms with Gasteiger partial charge in [0, 0.05) is 31.0 Å². The van der Waals surface area contributed by atoms with Crippen LogP contribution in [0.5, 0.6) is 0 Å². The lowest BCUT2D eigenvalue weighted by molar-refractivity contribution is -0.119. The van der Waals surface area contributed by atoms with Crippen LogP contribution < -0.4 is 14.7 Å². The number of hydrogen-bond acceptors (Lipinski definition) is 5. The summed E-state index contributed by atoms with van der Waals surface area (Å²) in [5.41, 5.74) is 3.27. The molecule has 0 spiro atoms. The predicted molar refractivity (Wildman–Crippen MR) is 124 cm³/mol. The summed E-state index contributed by atoms with van der Waals surface area (Å²) in [5, 5.41) is 0. The van der Waals surface area contributed by atoms with Crippen LogP contribution in [0, 0.1) is 0 Å². The minimum absolute atomic E-state index is 0.0265. The standard InChI is InChI=1S/C25H25N5O2/c1-15(2)29-16(3)24(31)28(4)20-11-12-21(27-23(20)29)30-22(17-8-7-13-26-14-17)18-9-5-6-10-19(18)25(30)32/h5-16,22H,1-4H3. The maximum absolute atomic E-state index is 13.5. The minimum Gasteiger partial charge on any atom is -0.341 e. The minimum atomic E-state index is -0.337. The van der Waals surface area contributed by atoms with Gasteiger partial charge in [0.15, 0.2) is 5.82 Å². The summed E-state index contributed by atoms with van der Waals surface area (Å²) >= 11 is 0. The summed E-state index contributed by atoms with van der Waals surface area (Å²) < 4.78 is 0. The first kappa shape index (κ1) is 20.2. The molecule has 0 aliphatic carbocycles. The number of amides is 2. The van der Waals surface area contributed by atoms with Gasteiger partial charge in [0.05, 0.1) is 11.7 Å². The van der Waals surface area contributed by atoms with Crippen LogP contribution >= 0.6 is 0 Å². The van der Waals surface area contributed by atoms with Crippen molar-refractivity contribution in [2.75, 3.05) is 21.7 Å². The van der Waals surface area contributed by atoms with Gasteiger partial charge < -0.3 is 9.80 Å². The van der Waals surface area contributed by atoms with Gasteiger partial charge in [-0.3, -0.25) is 19.5 Å². The SMILES string of the molecule is CC(C)N1c2nc(N3C(=O)c4ccccc4C3c3cccnc3)ccc2N(C)C(=O)C1C. The van der Waals surface area contributed by atoms with Crippen molar-refractivity contribution in [1.29, 1.82) is 0 Å². The number of carbonyl (C=O) groups is 2. The molecule has 2 amide bonds. The van der Waals surface area contributed by atoms with Gasteiger partial charge in [-0.05, 0) is 56.2 Å². The molecule has 0 radical (unpaired) electrons. The second kappa shape index (κ2) is 7.44. The molecule has 0 fully saturated rings. The summed E-state index contributed by atoms with van der Waals surface area (Å²) in [6, 6.07) is 14.7. The van der Waals surface area contributed by atoms with E-state index in [4.69, 9.17) is 4.98 Å². The van der Waals surface area contributed by atoms with Crippen molar-refractivity contribution < 1.29 is 9.59 Å². The molecular formula is C25H25N5O2. The van der Waals surface area contributed by atoms with E-state index in [1.165, 1.54) is 0 Å². The first-order chi connectivity index (χ1) is 15.4. The lowest BCUT2D eigenvalue weighted by Gasteiger charge is -2.42. The van der Waals surface area contributed by atoms with Gasteiger partial charge in [0.25, 0.3) is 5.91 Å². The molecule has 0 saturated heterocycles. The first-order valence-corrected chi connectivity index (χ1v) is 10.8. The molecule has 0 saturated carbocycles. The monoisotopic (exact) mass is 427 g/mol. The van der Waals surface area contributed by atoms with Crippen molar-refractivity contribution in [1.82, 2.24) is 9.97 Å². The Morgan fingerprint density at radius 2 is 1.78 bits per heavy atom. The molecule has 162 valence electrons. The smallest absolute Gasteiger partial charge is 0.260 e. The molecule has 2 atom stereocenters. The number of anilines is 3. The van der Waals surface area contributed by atoms with Crippen LogP contribution in [0.1, 0.15) is 48.3 Å². The topological polar surface area (TPSA) is 69.6 Å². The molecule has 3 aromatic rings. The van der Waals surface area contributed by atoms with Crippen LogP contribution in [-0.2, 0) is 4.79 Å². The van der Waals surface area contributed by atoms with Crippen molar-refractivity contribution in [2.45, 2.75) is 38.9 Å². The van der Waals surface area contributed by atoms with Gasteiger partial charge in [0.2, 0.25) is 5.91 Å². The zero-order valence-corrected chi connectivity index (χ0v) is 18.6. The number of benzene rings is 1. The fraction of sp³-hybridized carbons (Fsp3) is 0.280. The van der Waals surface area contributed by atoms with Crippen LogP contribution in [0.15, 0.2) is 60.9 Å². The third kappa shape index (κ3) is 2.88. The fourth-order valence-electron chi connectivity index (χ4n) is 4.83. The Balaban J connectivity index is 1.68. The molecule has 0 bridgehead atoms. The average molecular weight is 428 g/mol. The summed E-state index contributed by atoms with van der Waals surface area (Å²) in [7, 11) is 1.77. The predicted octanol–water partition coefficient (Wildman–Crippen LogP) is 3.81. The second-order valence-corrected chi connectivity index (χ2v) is 8.54. The van der Waals surface area contributed by atoms with Crippen LogP contribution in [0.3, 0.4) is 0 Å². The van der Waals surface area contributed by atoms with Gasteiger partial charge in [-0.15, -0.1) is 0 Å². The molecule has 2 aliphatic rings. The maximum Gasteiger partial charge on any atom is 0.260 e. The van der Waals surface area contributed by atoms with Crippen molar-refractivity contribution in [3.8, 4) is 0 Å². The zero-order valence-electron chi connectivity index (χ0n) is 18.6. The molecule has 0 N–H and O–H groups in total. The maximum atomic E-state index is 13.5. The highest BCUT2D eigenvalue weighted by atomic mass is 16.2. The lowest BCUT2D eigenvalue weighted by atomic mass is 9.99. The van der Waals surface area contributed by atoms with E-state index in [1.807, 2.05) is 74.2 Å². The van der Waals surface area contributed by atoms with Crippen molar-refractivity contribution in [2.24, 2.45) is 0 Å². The van der Waals surface area contributed by atoms with Crippen molar-refractivity contribution in [3.63, 3.8) is 0 Å². The number of fused-ring (bicyclic) bond motifs is 2. The third-order valence-electron chi connectivity index (χ3n) is 6.32. The van der Waals surface area contributed by atoms with E-state index in [1.54, 1.807) is 29.2 Å². The Labute approximate surface area is 187 Å². The van der Waals surface area contributed by atoms with Crippen molar-refractivity contribution >= 4 is 29.1 Å². The normalized spacial score (nSPS) is 20.1. The first-order valence-electron chi connectivity index (χ1n) is 10.8. The second-order valence-electron chi connectivity index (χ2n) is 8.54. The van der Waals surface area contributed by atoms with Crippen LogP contribution in [0.4, 0.5) is 17.3 Å². The van der Waals surface area contributed by atoms with Gasteiger partial charge >= 0.3 is 0 Å². The van der Waals surface area contributed by atoms with E-state index in [0.29, 0.717) is 17.2 Å². The molecule has 7 heteroatoms. The quantitative estimate of drug-likeness (QED) is 0.636. The number of nitrogens with zero attached hydrogens (tertiary/aromatic N) is 5.